The van der Waals surface area contributed by atoms with Crippen molar-refractivity contribution in [1.29, 1.82) is 0 Å². The molecule has 0 fully saturated rings. The first-order chi connectivity index (χ1) is 12.2. The monoisotopic (exact) mass is 329 g/mol. The second-order valence-electron chi connectivity index (χ2n) is 6.66. The summed E-state index contributed by atoms with van der Waals surface area (Å²) >= 11 is 0. The first-order valence-corrected chi connectivity index (χ1v) is 8.66. The molecule has 0 bridgehead atoms. The van der Waals surface area contributed by atoms with E-state index in [9.17, 15) is 0 Å². The van der Waals surface area contributed by atoms with Crippen LogP contribution < -0.4 is 15.5 Å². The highest BCUT2D eigenvalue weighted by molar-refractivity contribution is 5.59. The topological polar surface area (TPSA) is 27.3 Å². The Morgan fingerprint density at radius 2 is 1.40 bits per heavy atom. The minimum atomic E-state index is 0.0799. The number of anilines is 2. The van der Waals surface area contributed by atoms with Crippen LogP contribution in [0.2, 0.25) is 0 Å². The van der Waals surface area contributed by atoms with E-state index < -0.39 is 0 Å². The molecule has 3 aromatic rings. The second kappa shape index (κ2) is 6.61. The van der Waals surface area contributed by atoms with E-state index in [1.165, 1.54) is 28.1 Å². The van der Waals surface area contributed by atoms with Crippen LogP contribution in [0, 0.1) is 0 Å². The molecule has 1 aliphatic rings. The largest absolute Gasteiger partial charge is 0.378 e. The van der Waals surface area contributed by atoms with Crippen LogP contribution in [0.15, 0.2) is 78.9 Å². The van der Waals surface area contributed by atoms with E-state index in [2.05, 4.69) is 108 Å². The number of benzene rings is 3. The van der Waals surface area contributed by atoms with Crippen LogP contribution in [0.5, 0.6) is 0 Å². The van der Waals surface area contributed by atoms with Crippen molar-refractivity contribution in [2.24, 2.45) is 0 Å². The highest BCUT2D eigenvalue weighted by atomic mass is 15.2. The Morgan fingerprint density at radius 1 is 0.720 bits per heavy atom. The standard InChI is InChI=1S/C22H23N3/c1-25(2)18-14-12-17(13-15-18)22-23-20-11-7-6-10-19(20)21(24-22)16-8-4-3-5-9-16/h3-15,21-24H,1-2H3/t21-,22-/m0/s1. The van der Waals surface area contributed by atoms with Crippen LogP contribution in [0.25, 0.3) is 0 Å². The quantitative estimate of drug-likeness (QED) is 0.738. The van der Waals surface area contributed by atoms with Crippen molar-refractivity contribution in [3.05, 3.63) is 95.6 Å². The van der Waals surface area contributed by atoms with Gasteiger partial charge in [-0.15, -0.1) is 0 Å². The fourth-order valence-corrected chi connectivity index (χ4v) is 3.40. The van der Waals surface area contributed by atoms with Crippen LogP contribution in [0.3, 0.4) is 0 Å². The van der Waals surface area contributed by atoms with Crippen molar-refractivity contribution < 1.29 is 0 Å². The third-order valence-corrected chi connectivity index (χ3v) is 4.78. The minimum Gasteiger partial charge on any atom is -0.378 e. The summed E-state index contributed by atoms with van der Waals surface area (Å²) in [7, 11) is 4.13. The number of rotatable bonds is 3. The Labute approximate surface area is 149 Å². The normalized spacial score (nSPS) is 19.0. The Hall–Kier alpha value is -2.78. The lowest BCUT2D eigenvalue weighted by Gasteiger charge is -2.35. The third kappa shape index (κ3) is 3.11. The SMILES string of the molecule is CN(C)c1ccc([C@H]2Nc3ccccc3[C@H](c3ccccc3)N2)cc1. The molecule has 25 heavy (non-hydrogen) atoms. The molecule has 0 radical (unpaired) electrons. The van der Waals surface area contributed by atoms with E-state index in [4.69, 9.17) is 0 Å². The van der Waals surface area contributed by atoms with Crippen molar-refractivity contribution in [2.75, 3.05) is 24.3 Å². The summed E-state index contributed by atoms with van der Waals surface area (Å²) in [6, 6.07) is 28.1. The number of hydrogen-bond donors (Lipinski definition) is 2. The van der Waals surface area contributed by atoms with E-state index >= 15 is 0 Å². The van der Waals surface area contributed by atoms with Gasteiger partial charge in [0.25, 0.3) is 0 Å². The molecular weight excluding hydrogens is 306 g/mol. The highest BCUT2D eigenvalue weighted by Gasteiger charge is 2.27. The van der Waals surface area contributed by atoms with E-state index in [-0.39, 0.29) is 12.2 Å². The Bertz CT molecular complexity index is 841. The smallest absolute Gasteiger partial charge is 0.104 e. The molecule has 0 spiro atoms. The van der Waals surface area contributed by atoms with E-state index in [0.717, 1.165) is 0 Å². The van der Waals surface area contributed by atoms with Gasteiger partial charge in [0.1, 0.15) is 6.17 Å². The average Bonchev–Trinajstić information content (AvgIpc) is 2.68. The van der Waals surface area contributed by atoms with Crippen molar-refractivity contribution >= 4 is 11.4 Å². The first-order valence-electron chi connectivity index (χ1n) is 8.66. The summed E-state index contributed by atoms with van der Waals surface area (Å²) in [6.07, 6.45) is 0.0799. The van der Waals surface area contributed by atoms with Crippen LogP contribution >= 0.6 is 0 Å². The first kappa shape index (κ1) is 15.7. The fourth-order valence-electron chi connectivity index (χ4n) is 3.40. The molecule has 0 aromatic heterocycles. The number of fused-ring (bicyclic) bond motifs is 1. The van der Waals surface area contributed by atoms with Crippen molar-refractivity contribution in [3.63, 3.8) is 0 Å². The van der Waals surface area contributed by atoms with Gasteiger partial charge in [0, 0.05) is 25.5 Å². The van der Waals surface area contributed by atoms with Gasteiger partial charge in [-0.2, -0.15) is 0 Å². The summed E-state index contributed by atoms with van der Waals surface area (Å²) < 4.78 is 0. The average molecular weight is 329 g/mol. The Morgan fingerprint density at radius 3 is 2.12 bits per heavy atom. The summed E-state index contributed by atoms with van der Waals surface area (Å²) in [5.41, 5.74) is 6.21. The van der Waals surface area contributed by atoms with E-state index in [1.807, 2.05) is 0 Å². The maximum absolute atomic E-state index is 3.77. The molecular formula is C22H23N3. The molecule has 0 saturated heterocycles. The van der Waals surface area contributed by atoms with Crippen LogP contribution in [-0.4, -0.2) is 14.1 Å². The summed E-state index contributed by atoms with van der Waals surface area (Å²) in [5.74, 6) is 0. The van der Waals surface area contributed by atoms with Crippen LogP contribution in [0.1, 0.15) is 28.9 Å². The van der Waals surface area contributed by atoms with E-state index in [1.54, 1.807) is 0 Å². The maximum Gasteiger partial charge on any atom is 0.104 e. The van der Waals surface area contributed by atoms with Gasteiger partial charge in [0.2, 0.25) is 0 Å². The van der Waals surface area contributed by atoms with Crippen LogP contribution in [0.4, 0.5) is 11.4 Å². The van der Waals surface area contributed by atoms with Gasteiger partial charge in [-0.25, -0.2) is 0 Å². The maximum atomic E-state index is 3.77. The second-order valence-corrected chi connectivity index (χ2v) is 6.66. The molecule has 0 aliphatic carbocycles. The lowest BCUT2D eigenvalue weighted by Crippen LogP contribution is -2.37. The number of nitrogens with one attached hydrogen (secondary N) is 2. The molecule has 3 nitrogen and oxygen atoms in total. The Balaban J connectivity index is 1.70. The van der Waals surface area contributed by atoms with Crippen molar-refractivity contribution in [2.45, 2.75) is 12.2 Å². The molecule has 2 N–H and O–H groups in total. The van der Waals surface area contributed by atoms with Gasteiger partial charge < -0.3 is 10.2 Å². The molecule has 0 saturated carbocycles. The van der Waals surface area contributed by atoms with Crippen molar-refractivity contribution in [3.8, 4) is 0 Å². The molecule has 1 aliphatic heterocycles. The fraction of sp³-hybridized carbons (Fsp3) is 0.182. The van der Waals surface area contributed by atoms with Gasteiger partial charge in [-0.3, -0.25) is 5.32 Å². The number of nitrogens with zero attached hydrogens (tertiary/aromatic N) is 1. The van der Waals surface area contributed by atoms with E-state index in [0.29, 0.717) is 0 Å². The number of hydrogen-bond acceptors (Lipinski definition) is 3. The molecule has 4 rings (SSSR count). The zero-order chi connectivity index (χ0) is 17.2. The van der Waals surface area contributed by atoms with Gasteiger partial charge in [-0.05, 0) is 34.9 Å². The molecule has 126 valence electrons. The van der Waals surface area contributed by atoms with Gasteiger partial charge in [0.15, 0.2) is 0 Å². The zero-order valence-electron chi connectivity index (χ0n) is 14.6. The van der Waals surface area contributed by atoms with Crippen LogP contribution in [-0.2, 0) is 0 Å². The lowest BCUT2D eigenvalue weighted by atomic mass is 9.93. The Kier molecular flexibility index (Phi) is 4.16. The molecule has 2 atom stereocenters. The molecule has 0 amide bonds. The molecule has 3 aromatic carbocycles. The highest BCUT2D eigenvalue weighted by Crippen LogP contribution is 2.36. The van der Waals surface area contributed by atoms with Crippen molar-refractivity contribution in [1.82, 2.24) is 5.32 Å². The minimum absolute atomic E-state index is 0.0799. The lowest BCUT2D eigenvalue weighted by molar-refractivity contribution is 0.506. The van der Waals surface area contributed by atoms with Gasteiger partial charge >= 0.3 is 0 Å². The van der Waals surface area contributed by atoms with Gasteiger partial charge in [-0.1, -0.05) is 60.7 Å². The predicted octanol–water partition coefficient (Wildman–Crippen LogP) is 4.56. The zero-order valence-corrected chi connectivity index (χ0v) is 14.6. The number of para-hydroxylation sites is 1. The molecule has 1 heterocycles. The molecule has 0 unspecified atom stereocenters. The third-order valence-electron chi connectivity index (χ3n) is 4.78. The summed E-state index contributed by atoms with van der Waals surface area (Å²) in [5, 5.41) is 7.40. The molecule has 3 heteroatoms. The summed E-state index contributed by atoms with van der Waals surface area (Å²) in [6.45, 7) is 0. The van der Waals surface area contributed by atoms with Gasteiger partial charge in [0.05, 0.1) is 6.04 Å². The predicted molar refractivity (Wildman–Crippen MR) is 105 cm³/mol. The summed E-state index contributed by atoms with van der Waals surface area (Å²) in [4.78, 5) is 2.12.